The van der Waals surface area contributed by atoms with Crippen LogP contribution < -0.4 is 19.7 Å². The van der Waals surface area contributed by atoms with Crippen LogP contribution >= 0.6 is 0 Å². The molecule has 28 heavy (non-hydrogen) atoms. The second-order valence-corrected chi connectivity index (χ2v) is 6.38. The second-order valence-electron chi connectivity index (χ2n) is 6.38. The van der Waals surface area contributed by atoms with Gasteiger partial charge in [-0.25, -0.2) is 0 Å². The molecule has 0 radical (unpaired) electrons. The highest BCUT2D eigenvalue weighted by atomic mass is 16.5. The first-order valence-corrected chi connectivity index (χ1v) is 8.96. The van der Waals surface area contributed by atoms with Crippen molar-refractivity contribution in [1.82, 2.24) is 5.32 Å². The Hall–Kier alpha value is -3.53. The van der Waals surface area contributed by atoms with Crippen molar-refractivity contribution < 1.29 is 19.1 Å². The number of benzene rings is 2. The van der Waals surface area contributed by atoms with Gasteiger partial charge in [0.15, 0.2) is 0 Å². The van der Waals surface area contributed by atoms with Crippen molar-refractivity contribution in [3.63, 3.8) is 0 Å². The second kappa shape index (κ2) is 8.91. The zero-order valence-corrected chi connectivity index (χ0v) is 15.6. The average molecular weight is 379 g/mol. The molecule has 0 aliphatic carbocycles. The number of anilines is 1. The Labute approximate surface area is 163 Å². The summed E-state index contributed by atoms with van der Waals surface area (Å²) in [4.78, 5) is 26.2. The third-order valence-electron chi connectivity index (χ3n) is 4.51. The number of nitrogens with one attached hydrogen (secondary N) is 1. The minimum atomic E-state index is -0.417. The molecule has 3 rings (SSSR count). The normalized spacial score (nSPS) is 15.8. The van der Waals surface area contributed by atoms with Gasteiger partial charge in [0.2, 0.25) is 11.8 Å². The van der Waals surface area contributed by atoms with Gasteiger partial charge < -0.3 is 19.7 Å². The number of rotatable bonds is 7. The summed E-state index contributed by atoms with van der Waals surface area (Å²) >= 11 is 0. The van der Waals surface area contributed by atoms with E-state index in [1.165, 1.54) is 0 Å². The van der Waals surface area contributed by atoms with Gasteiger partial charge in [0, 0.05) is 18.7 Å². The quantitative estimate of drug-likeness (QED) is 0.744. The molecule has 7 nitrogen and oxygen atoms in total. The van der Waals surface area contributed by atoms with Crippen molar-refractivity contribution in [2.45, 2.75) is 6.42 Å². The third-order valence-corrected chi connectivity index (χ3v) is 4.51. The van der Waals surface area contributed by atoms with Crippen molar-refractivity contribution >= 4 is 17.5 Å². The van der Waals surface area contributed by atoms with E-state index in [1.54, 1.807) is 60.5 Å². The number of carbonyl (C=O) groups is 2. The van der Waals surface area contributed by atoms with Crippen LogP contribution in [0.2, 0.25) is 0 Å². The van der Waals surface area contributed by atoms with E-state index in [0.29, 0.717) is 36.7 Å². The van der Waals surface area contributed by atoms with Crippen molar-refractivity contribution in [3.05, 3.63) is 54.1 Å². The maximum Gasteiger partial charge on any atom is 0.227 e. The van der Waals surface area contributed by atoms with Crippen LogP contribution in [0.15, 0.2) is 48.5 Å². The van der Waals surface area contributed by atoms with Crippen LogP contribution in [0.25, 0.3) is 0 Å². The van der Waals surface area contributed by atoms with Gasteiger partial charge in [0.1, 0.15) is 18.1 Å². The smallest absolute Gasteiger partial charge is 0.227 e. The van der Waals surface area contributed by atoms with Gasteiger partial charge in [-0.3, -0.25) is 9.59 Å². The van der Waals surface area contributed by atoms with Crippen LogP contribution in [-0.4, -0.2) is 38.6 Å². The molecule has 1 fully saturated rings. The van der Waals surface area contributed by atoms with Crippen molar-refractivity contribution in [1.29, 1.82) is 5.26 Å². The van der Waals surface area contributed by atoms with Gasteiger partial charge in [-0.1, -0.05) is 6.07 Å². The molecule has 0 bridgehead atoms. The number of amides is 2. The zero-order valence-electron chi connectivity index (χ0n) is 15.6. The lowest BCUT2D eigenvalue weighted by Crippen LogP contribution is -2.35. The highest BCUT2D eigenvalue weighted by Gasteiger charge is 2.35. The minimum Gasteiger partial charge on any atom is -0.497 e. The summed E-state index contributed by atoms with van der Waals surface area (Å²) in [6.07, 6.45) is 0.155. The Morgan fingerprint density at radius 1 is 1.25 bits per heavy atom. The number of hydrogen-bond acceptors (Lipinski definition) is 5. The van der Waals surface area contributed by atoms with Crippen LogP contribution in [0.1, 0.15) is 12.0 Å². The molecule has 1 saturated heterocycles. The molecule has 1 atom stereocenters. The SMILES string of the molecule is COc1ccc(OCCNC(=O)C2CC(=O)N(c3cccc(C#N)c3)C2)cc1. The number of carbonyl (C=O) groups excluding carboxylic acids is 2. The van der Waals surface area contributed by atoms with Gasteiger partial charge in [-0.05, 0) is 42.5 Å². The van der Waals surface area contributed by atoms with Crippen LogP contribution in [0.4, 0.5) is 5.69 Å². The molecule has 1 aliphatic heterocycles. The van der Waals surface area contributed by atoms with Crippen LogP contribution in [-0.2, 0) is 9.59 Å². The molecule has 7 heteroatoms. The van der Waals surface area contributed by atoms with E-state index in [2.05, 4.69) is 11.4 Å². The number of ether oxygens (including phenoxy) is 2. The molecular formula is C21H21N3O4. The number of nitrogens with zero attached hydrogens (tertiary/aromatic N) is 2. The molecule has 1 heterocycles. The standard InChI is InChI=1S/C21H21N3O4/c1-27-18-5-7-19(8-6-18)28-10-9-23-21(26)16-12-20(25)24(14-16)17-4-2-3-15(11-17)13-22/h2-8,11,16H,9-10,12,14H2,1H3,(H,23,26). The van der Waals surface area contributed by atoms with E-state index in [9.17, 15) is 9.59 Å². The van der Waals surface area contributed by atoms with E-state index in [0.717, 1.165) is 5.75 Å². The lowest BCUT2D eigenvalue weighted by molar-refractivity contribution is -0.126. The van der Waals surface area contributed by atoms with Gasteiger partial charge >= 0.3 is 0 Å². The van der Waals surface area contributed by atoms with Crippen molar-refractivity contribution in [2.75, 3.05) is 31.7 Å². The topological polar surface area (TPSA) is 91.7 Å². The van der Waals surface area contributed by atoms with Crippen LogP contribution in [0.5, 0.6) is 11.5 Å². The first-order valence-electron chi connectivity index (χ1n) is 8.96. The fourth-order valence-corrected chi connectivity index (χ4v) is 3.04. The molecule has 2 aromatic carbocycles. The van der Waals surface area contributed by atoms with E-state index >= 15 is 0 Å². The molecule has 144 valence electrons. The summed E-state index contributed by atoms with van der Waals surface area (Å²) in [5.41, 5.74) is 1.12. The lowest BCUT2D eigenvalue weighted by atomic mass is 10.1. The Morgan fingerprint density at radius 2 is 2.00 bits per heavy atom. The maximum absolute atomic E-state index is 12.4. The Balaban J connectivity index is 1.47. The molecule has 0 saturated carbocycles. The molecule has 1 unspecified atom stereocenters. The summed E-state index contributed by atoms with van der Waals surface area (Å²) in [6.45, 7) is 0.977. The predicted molar refractivity (Wildman–Crippen MR) is 103 cm³/mol. The highest BCUT2D eigenvalue weighted by molar-refractivity contribution is 6.00. The fourth-order valence-electron chi connectivity index (χ4n) is 3.04. The van der Waals surface area contributed by atoms with Gasteiger partial charge in [0.25, 0.3) is 0 Å². The van der Waals surface area contributed by atoms with Gasteiger partial charge in [-0.2, -0.15) is 5.26 Å². The predicted octanol–water partition coefficient (Wildman–Crippen LogP) is 2.11. The highest BCUT2D eigenvalue weighted by Crippen LogP contribution is 2.25. The van der Waals surface area contributed by atoms with E-state index in [1.807, 2.05) is 0 Å². The fraction of sp³-hybridized carbons (Fsp3) is 0.286. The molecular weight excluding hydrogens is 358 g/mol. The van der Waals surface area contributed by atoms with Gasteiger partial charge in [-0.15, -0.1) is 0 Å². The van der Waals surface area contributed by atoms with Crippen molar-refractivity contribution in [3.8, 4) is 17.6 Å². The minimum absolute atomic E-state index is 0.121. The Kier molecular flexibility index (Phi) is 6.12. The summed E-state index contributed by atoms with van der Waals surface area (Å²) < 4.78 is 10.7. The molecule has 0 spiro atoms. The lowest BCUT2D eigenvalue weighted by Gasteiger charge is -2.17. The molecule has 0 aromatic heterocycles. The first kappa shape index (κ1) is 19.2. The van der Waals surface area contributed by atoms with Crippen LogP contribution in [0.3, 0.4) is 0 Å². The average Bonchev–Trinajstić information content (AvgIpc) is 3.13. The zero-order chi connectivity index (χ0) is 19.9. The largest absolute Gasteiger partial charge is 0.497 e. The third kappa shape index (κ3) is 4.60. The molecule has 2 amide bonds. The maximum atomic E-state index is 12.4. The summed E-state index contributed by atoms with van der Waals surface area (Å²) in [6, 6.07) is 16.1. The Morgan fingerprint density at radius 3 is 2.71 bits per heavy atom. The van der Waals surface area contributed by atoms with Crippen LogP contribution in [0, 0.1) is 17.2 Å². The summed E-state index contributed by atoms with van der Waals surface area (Å²) in [7, 11) is 1.60. The number of methoxy groups -OCH3 is 1. The molecule has 1 N–H and O–H groups in total. The van der Waals surface area contributed by atoms with E-state index < -0.39 is 5.92 Å². The van der Waals surface area contributed by atoms with Crippen molar-refractivity contribution in [2.24, 2.45) is 5.92 Å². The van der Waals surface area contributed by atoms with E-state index in [4.69, 9.17) is 14.7 Å². The summed E-state index contributed by atoms with van der Waals surface area (Å²) in [5, 5.41) is 11.8. The molecule has 2 aromatic rings. The Bertz CT molecular complexity index is 889. The van der Waals surface area contributed by atoms with Gasteiger partial charge in [0.05, 0.1) is 31.2 Å². The van der Waals surface area contributed by atoms with E-state index in [-0.39, 0.29) is 18.2 Å². The molecule has 1 aliphatic rings. The number of hydrogen-bond donors (Lipinski definition) is 1. The number of nitriles is 1. The summed E-state index contributed by atoms with van der Waals surface area (Å²) in [5.74, 6) is 0.723. The first-order chi connectivity index (χ1) is 13.6. The monoisotopic (exact) mass is 379 g/mol.